The maximum absolute atomic E-state index is 4.54. The van der Waals surface area contributed by atoms with Crippen molar-refractivity contribution < 1.29 is 0 Å². The summed E-state index contributed by atoms with van der Waals surface area (Å²) in [4.78, 5) is 7.87. The molecule has 0 aliphatic heterocycles. The summed E-state index contributed by atoms with van der Waals surface area (Å²) in [5.74, 6) is 1.09. The summed E-state index contributed by atoms with van der Waals surface area (Å²) < 4.78 is 0. The highest BCUT2D eigenvalue weighted by Gasteiger charge is 2.18. The molecule has 68 valence electrons. The van der Waals surface area contributed by atoms with Crippen molar-refractivity contribution in [3.05, 3.63) is 17.2 Å². The Balaban J connectivity index is 3.05. The van der Waals surface area contributed by atoms with Crippen LogP contribution in [0.3, 0.4) is 0 Å². The molecule has 12 heavy (non-hydrogen) atoms. The van der Waals surface area contributed by atoms with Crippen LogP contribution in [0.25, 0.3) is 0 Å². The zero-order valence-electron chi connectivity index (χ0n) is 8.65. The predicted molar refractivity (Wildman–Crippen MR) is 51.4 cm³/mol. The van der Waals surface area contributed by atoms with Gasteiger partial charge >= 0.3 is 0 Å². The lowest BCUT2D eigenvalue weighted by Gasteiger charge is -2.13. The summed E-state index contributed by atoms with van der Waals surface area (Å²) in [6.07, 6.45) is 1.01. The quantitative estimate of drug-likeness (QED) is 0.682. The summed E-state index contributed by atoms with van der Waals surface area (Å²) in [6, 6.07) is 0. The van der Waals surface area contributed by atoms with Crippen LogP contribution in [0.2, 0.25) is 0 Å². The first-order valence-electron chi connectivity index (χ1n) is 4.51. The summed E-state index contributed by atoms with van der Waals surface area (Å²) in [5.41, 5.74) is 2.54. The average molecular weight is 166 g/mol. The Kier molecular flexibility index (Phi) is 2.27. The number of aromatic amines is 1. The first-order valence-corrected chi connectivity index (χ1v) is 4.51. The molecule has 0 spiro atoms. The normalized spacial score (nSPS) is 12.1. The van der Waals surface area contributed by atoms with Crippen LogP contribution in [0.15, 0.2) is 0 Å². The molecule has 1 aromatic rings. The molecule has 0 atom stereocenters. The lowest BCUT2D eigenvalue weighted by atomic mass is 9.96. The van der Waals surface area contributed by atoms with Gasteiger partial charge in [-0.2, -0.15) is 0 Å². The Morgan fingerprint density at radius 1 is 1.33 bits per heavy atom. The second kappa shape index (κ2) is 2.92. The molecule has 0 aliphatic carbocycles. The molecule has 0 aliphatic rings. The molecular weight excluding hydrogens is 148 g/mol. The molecule has 0 saturated heterocycles. The fourth-order valence-corrected chi connectivity index (χ4v) is 1.20. The summed E-state index contributed by atoms with van der Waals surface area (Å²) in [6.45, 7) is 10.7. The van der Waals surface area contributed by atoms with E-state index in [-0.39, 0.29) is 5.41 Å². The second-order valence-electron chi connectivity index (χ2n) is 4.26. The van der Waals surface area contributed by atoms with Crippen LogP contribution < -0.4 is 0 Å². The van der Waals surface area contributed by atoms with E-state index in [1.165, 1.54) is 11.4 Å². The van der Waals surface area contributed by atoms with Crippen molar-refractivity contribution in [3.8, 4) is 0 Å². The Morgan fingerprint density at radius 3 is 2.17 bits per heavy atom. The number of aryl methyl sites for hydroxylation is 2. The third kappa shape index (κ3) is 1.68. The molecular formula is C10H18N2. The smallest absolute Gasteiger partial charge is 0.111 e. The van der Waals surface area contributed by atoms with Crippen molar-refractivity contribution in [2.24, 2.45) is 0 Å². The van der Waals surface area contributed by atoms with E-state index in [2.05, 4.69) is 44.6 Å². The SMILES string of the molecule is CCc1nc(C(C)(C)C)[nH]c1C. The van der Waals surface area contributed by atoms with E-state index in [0.717, 1.165) is 12.2 Å². The van der Waals surface area contributed by atoms with Gasteiger partial charge in [-0.3, -0.25) is 0 Å². The van der Waals surface area contributed by atoms with Gasteiger partial charge in [-0.25, -0.2) is 4.98 Å². The second-order valence-corrected chi connectivity index (χ2v) is 4.26. The van der Waals surface area contributed by atoms with E-state index < -0.39 is 0 Å². The van der Waals surface area contributed by atoms with E-state index in [4.69, 9.17) is 0 Å². The molecule has 0 saturated carbocycles. The van der Waals surface area contributed by atoms with Crippen LogP contribution in [-0.4, -0.2) is 9.97 Å². The van der Waals surface area contributed by atoms with Gasteiger partial charge in [0.15, 0.2) is 0 Å². The van der Waals surface area contributed by atoms with Gasteiger partial charge in [-0.05, 0) is 13.3 Å². The van der Waals surface area contributed by atoms with Crippen molar-refractivity contribution in [3.63, 3.8) is 0 Å². The number of nitrogens with one attached hydrogen (secondary N) is 1. The molecule has 1 N–H and O–H groups in total. The highest BCUT2D eigenvalue weighted by molar-refractivity contribution is 5.16. The van der Waals surface area contributed by atoms with Crippen LogP contribution in [0, 0.1) is 6.92 Å². The van der Waals surface area contributed by atoms with Gasteiger partial charge in [0.05, 0.1) is 5.69 Å². The average Bonchev–Trinajstić information content (AvgIpc) is 2.29. The van der Waals surface area contributed by atoms with Gasteiger partial charge in [0.2, 0.25) is 0 Å². The topological polar surface area (TPSA) is 28.7 Å². The fraction of sp³-hybridized carbons (Fsp3) is 0.700. The molecule has 2 nitrogen and oxygen atoms in total. The first-order chi connectivity index (χ1) is 5.45. The highest BCUT2D eigenvalue weighted by atomic mass is 14.9. The number of hydrogen-bond acceptors (Lipinski definition) is 1. The van der Waals surface area contributed by atoms with Crippen LogP contribution in [0.1, 0.15) is 44.9 Å². The minimum Gasteiger partial charge on any atom is -0.345 e. The Bertz CT molecular complexity index is 266. The maximum atomic E-state index is 4.54. The number of H-pyrrole nitrogens is 1. The Hall–Kier alpha value is -0.790. The molecule has 1 rings (SSSR count). The molecule has 1 aromatic heterocycles. The number of rotatable bonds is 1. The van der Waals surface area contributed by atoms with Crippen molar-refractivity contribution in [1.82, 2.24) is 9.97 Å². The minimum atomic E-state index is 0.137. The fourth-order valence-electron chi connectivity index (χ4n) is 1.20. The number of nitrogens with zero attached hydrogens (tertiary/aromatic N) is 1. The molecule has 2 heteroatoms. The molecule has 1 heterocycles. The third-order valence-corrected chi connectivity index (χ3v) is 2.03. The van der Waals surface area contributed by atoms with Crippen LogP contribution in [0.4, 0.5) is 0 Å². The van der Waals surface area contributed by atoms with Gasteiger partial charge < -0.3 is 4.98 Å². The predicted octanol–water partition coefficient (Wildman–Crippen LogP) is 2.58. The van der Waals surface area contributed by atoms with Crippen molar-refractivity contribution in [2.75, 3.05) is 0 Å². The van der Waals surface area contributed by atoms with E-state index >= 15 is 0 Å². The van der Waals surface area contributed by atoms with Gasteiger partial charge in [0.25, 0.3) is 0 Å². The molecule has 0 radical (unpaired) electrons. The monoisotopic (exact) mass is 166 g/mol. The highest BCUT2D eigenvalue weighted by Crippen LogP contribution is 2.20. The minimum absolute atomic E-state index is 0.137. The Morgan fingerprint density at radius 2 is 1.92 bits per heavy atom. The van der Waals surface area contributed by atoms with E-state index in [0.29, 0.717) is 0 Å². The summed E-state index contributed by atoms with van der Waals surface area (Å²) in [5, 5.41) is 0. The van der Waals surface area contributed by atoms with E-state index in [1.54, 1.807) is 0 Å². The standard InChI is InChI=1S/C10H18N2/c1-6-8-7(2)11-9(12-8)10(3,4)5/h6H2,1-5H3,(H,11,12). The summed E-state index contributed by atoms with van der Waals surface area (Å²) in [7, 11) is 0. The van der Waals surface area contributed by atoms with Crippen LogP contribution in [-0.2, 0) is 11.8 Å². The third-order valence-electron chi connectivity index (χ3n) is 2.03. The lowest BCUT2D eigenvalue weighted by Crippen LogP contribution is -2.13. The van der Waals surface area contributed by atoms with Gasteiger partial charge in [0.1, 0.15) is 5.82 Å². The molecule has 0 aromatic carbocycles. The maximum Gasteiger partial charge on any atom is 0.111 e. The number of aromatic nitrogens is 2. The van der Waals surface area contributed by atoms with Gasteiger partial charge in [-0.15, -0.1) is 0 Å². The molecule has 0 fully saturated rings. The van der Waals surface area contributed by atoms with E-state index in [1.807, 2.05) is 0 Å². The first kappa shape index (κ1) is 9.30. The lowest BCUT2D eigenvalue weighted by molar-refractivity contribution is 0.550. The van der Waals surface area contributed by atoms with Crippen molar-refractivity contribution in [1.29, 1.82) is 0 Å². The zero-order chi connectivity index (χ0) is 9.35. The number of hydrogen-bond donors (Lipinski definition) is 1. The van der Waals surface area contributed by atoms with Crippen LogP contribution in [0.5, 0.6) is 0 Å². The summed E-state index contributed by atoms with van der Waals surface area (Å²) >= 11 is 0. The van der Waals surface area contributed by atoms with E-state index in [9.17, 15) is 0 Å². The number of imidazole rings is 1. The molecule has 0 unspecified atom stereocenters. The Labute approximate surface area is 74.4 Å². The largest absolute Gasteiger partial charge is 0.345 e. The van der Waals surface area contributed by atoms with Crippen LogP contribution >= 0.6 is 0 Å². The van der Waals surface area contributed by atoms with Gasteiger partial charge in [-0.1, -0.05) is 27.7 Å². The molecule has 0 amide bonds. The van der Waals surface area contributed by atoms with Gasteiger partial charge in [0, 0.05) is 11.1 Å². The molecule has 0 bridgehead atoms. The zero-order valence-corrected chi connectivity index (χ0v) is 8.65. The van der Waals surface area contributed by atoms with Crippen molar-refractivity contribution in [2.45, 2.75) is 46.5 Å². The van der Waals surface area contributed by atoms with Crippen molar-refractivity contribution >= 4 is 0 Å².